The Balaban J connectivity index is 1.75. The molecule has 138 valence electrons. The van der Waals surface area contributed by atoms with Crippen LogP contribution in [-0.2, 0) is 4.79 Å². The van der Waals surface area contributed by atoms with Crippen molar-refractivity contribution in [3.8, 4) is 11.5 Å². The van der Waals surface area contributed by atoms with Crippen molar-refractivity contribution in [2.75, 3.05) is 12.4 Å². The minimum atomic E-state index is -0.810. The molecule has 27 heavy (non-hydrogen) atoms. The fourth-order valence-electron chi connectivity index (χ4n) is 2.64. The number of nitrogens with one attached hydrogen (secondary N) is 1. The Bertz CT molecular complexity index is 1000. The zero-order chi connectivity index (χ0) is 19.4. The maximum atomic E-state index is 12.5. The predicted molar refractivity (Wildman–Crippen MR) is 102 cm³/mol. The number of methoxy groups -OCH3 is 1. The average Bonchev–Trinajstić information content (AvgIpc) is 2.67. The zero-order valence-electron chi connectivity index (χ0n) is 14.8. The van der Waals surface area contributed by atoms with Crippen LogP contribution < -0.4 is 14.8 Å². The number of hydrogen-bond donors (Lipinski definition) is 1. The molecule has 3 aromatic rings. The van der Waals surface area contributed by atoms with Crippen LogP contribution in [0.1, 0.15) is 6.92 Å². The van der Waals surface area contributed by atoms with Crippen LogP contribution in [0.25, 0.3) is 10.8 Å². The molecule has 0 saturated heterocycles. The summed E-state index contributed by atoms with van der Waals surface area (Å²) in [5.74, 6) is 0.441. The maximum Gasteiger partial charge on any atom is 0.271 e. The zero-order valence-corrected chi connectivity index (χ0v) is 14.8. The summed E-state index contributed by atoms with van der Waals surface area (Å²) in [6.07, 6.45) is -0.810. The third-order valence-electron chi connectivity index (χ3n) is 4.05. The number of fused-ring (bicyclic) bond motifs is 1. The first-order valence-electron chi connectivity index (χ1n) is 8.26. The number of nitrogens with zero attached hydrogens (tertiary/aromatic N) is 1. The van der Waals surface area contributed by atoms with E-state index in [0.717, 1.165) is 10.8 Å². The Kier molecular flexibility index (Phi) is 5.21. The van der Waals surface area contributed by atoms with Crippen molar-refractivity contribution < 1.29 is 19.2 Å². The minimum absolute atomic E-state index is 0.144. The van der Waals surface area contributed by atoms with Gasteiger partial charge in [0.2, 0.25) is 0 Å². The fourth-order valence-corrected chi connectivity index (χ4v) is 2.64. The fraction of sp³-hybridized carbons (Fsp3) is 0.150. The summed E-state index contributed by atoms with van der Waals surface area (Å²) in [6.45, 7) is 1.61. The lowest BCUT2D eigenvalue weighted by Gasteiger charge is -2.16. The number of rotatable bonds is 6. The molecule has 0 fully saturated rings. The Morgan fingerprint density at radius 1 is 1.07 bits per heavy atom. The van der Waals surface area contributed by atoms with Gasteiger partial charge in [-0.1, -0.05) is 30.3 Å². The molecule has 0 heterocycles. The molecular formula is C20H18N2O5. The van der Waals surface area contributed by atoms with Gasteiger partial charge in [-0.05, 0) is 35.9 Å². The van der Waals surface area contributed by atoms with E-state index in [-0.39, 0.29) is 11.4 Å². The van der Waals surface area contributed by atoms with Crippen molar-refractivity contribution in [2.24, 2.45) is 0 Å². The first-order chi connectivity index (χ1) is 13.0. The highest BCUT2D eigenvalue weighted by molar-refractivity contribution is 5.96. The van der Waals surface area contributed by atoms with Gasteiger partial charge in [-0.2, -0.15) is 0 Å². The Labute approximate surface area is 155 Å². The summed E-state index contributed by atoms with van der Waals surface area (Å²) in [7, 11) is 1.42. The van der Waals surface area contributed by atoms with Gasteiger partial charge < -0.3 is 14.8 Å². The molecule has 3 rings (SSSR count). The lowest BCUT2D eigenvalue weighted by molar-refractivity contribution is -0.384. The van der Waals surface area contributed by atoms with Gasteiger partial charge in [0, 0.05) is 12.1 Å². The molecule has 1 N–H and O–H groups in total. The number of non-ortho nitro benzene ring substituents is 1. The number of ether oxygens (including phenoxy) is 2. The molecule has 3 aromatic carbocycles. The maximum absolute atomic E-state index is 12.5. The predicted octanol–water partition coefficient (Wildman–Crippen LogP) is 4.16. The first kappa shape index (κ1) is 18.2. The number of hydrogen-bond acceptors (Lipinski definition) is 5. The van der Waals surface area contributed by atoms with Crippen molar-refractivity contribution in [3.63, 3.8) is 0 Å². The Morgan fingerprint density at radius 2 is 1.81 bits per heavy atom. The normalized spacial score (nSPS) is 11.6. The van der Waals surface area contributed by atoms with Crippen LogP contribution in [0.3, 0.4) is 0 Å². The van der Waals surface area contributed by atoms with E-state index in [1.807, 2.05) is 36.4 Å². The van der Waals surface area contributed by atoms with E-state index < -0.39 is 16.9 Å². The summed E-state index contributed by atoms with van der Waals surface area (Å²) < 4.78 is 10.9. The largest absolute Gasteiger partial charge is 0.495 e. The second-order valence-electron chi connectivity index (χ2n) is 5.90. The summed E-state index contributed by atoms with van der Waals surface area (Å²) in [5.41, 5.74) is 0.0693. The van der Waals surface area contributed by atoms with Gasteiger partial charge >= 0.3 is 0 Å². The molecule has 0 aliphatic rings. The second kappa shape index (κ2) is 7.74. The van der Waals surface area contributed by atoms with E-state index >= 15 is 0 Å². The monoisotopic (exact) mass is 366 g/mol. The van der Waals surface area contributed by atoms with Crippen LogP contribution in [0.15, 0.2) is 60.7 Å². The number of amides is 1. The quantitative estimate of drug-likeness (QED) is 0.522. The van der Waals surface area contributed by atoms with Gasteiger partial charge in [0.15, 0.2) is 6.10 Å². The van der Waals surface area contributed by atoms with Gasteiger partial charge in [-0.15, -0.1) is 0 Å². The third kappa shape index (κ3) is 4.14. The van der Waals surface area contributed by atoms with Crippen LogP contribution >= 0.6 is 0 Å². The number of benzene rings is 3. The van der Waals surface area contributed by atoms with Crippen molar-refractivity contribution in [1.29, 1.82) is 0 Å². The summed E-state index contributed by atoms with van der Waals surface area (Å²) in [5, 5.41) is 15.6. The second-order valence-corrected chi connectivity index (χ2v) is 5.90. The van der Waals surface area contributed by atoms with Crippen LogP contribution in [0.2, 0.25) is 0 Å². The van der Waals surface area contributed by atoms with E-state index in [9.17, 15) is 14.9 Å². The van der Waals surface area contributed by atoms with Gasteiger partial charge in [0.1, 0.15) is 11.5 Å². The number of carbonyl (C=O) groups is 1. The van der Waals surface area contributed by atoms with Gasteiger partial charge in [0.25, 0.3) is 11.6 Å². The molecule has 0 aromatic heterocycles. The number of carbonyl (C=O) groups excluding carboxylic acids is 1. The van der Waals surface area contributed by atoms with Gasteiger partial charge in [0.05, 0.1) is 17.7 Å². The number of nitro groups is 1. The third-order valence-corrected chi connectivity index (χ3v) is 4.05. The molecule has 0 spiro atoms. The molecule has 0 aliphatic heterocycles. The van der Waals surface area contributed by atoms with Crippen LogP contribution in [0, 0.1) is 10.1 Å². The SMILES string of the molecule is COc1ccc([N+](=O)[O-])cc1NC(=O)C(C)Oc1ccc2ccccc2c1. The van der Waals surface area contributed by atoms with Crippen molar-refractivity contribution in [3.05, 3.63) is 70.8 Å². The van der Waals surface area contributed by atoms with Crippen molar-refractivity contribution >= 4 is 28.1 Å². The molecule has 0 radical (unpaired) electrons. The Hall–Kier alpha value is -3.61. The summed E-state index contributed by atoms with van der Waals surface area (Å²) >= 11 is 0. The highest BCUT2D eigenvalue weighted by Gasteiger charge is 2.19. The lowest BCUT2D eigenvalue weighted by Crippen LogP contribution is -2.30. The van der Waals surface area contributed by atoms with Gasteiger partial charge in [-0.3, -0.25) is 14.9 Å². The molecule has 1 unspecified atom stereocenters. The number of nitro benzene ring substituents is 1. The summed E-state index contributed by atoms with van der Waals surface area (Å²) in [4.78, 5) is 22.9. The molecule has 0 aliphatic carbocycles. The highest BCUT2D eigenvalue weighted by atomic mass is 16.6. The van der Waals surface area contributed by atoms with Crippen molar-refractivity contribution in [2.45, 2.75) is 13.0 Å². The molecule has 1 amide bonds. The van der Waals surface area contributed by atoms with E-state index in [1.54, 1.807) is 13.0 Å². The topological polar surface area (TPSA) is 90.7 Å². The van der Waals surface area contributed by atoms with Gasteiger partial charge in [-0.25, -0.2) is 0 Å². The lowest BCUT2D eigenvalue weighted by atomic mass is 10.1. The van der Waals surface area contributed by atoms with Crippen LogP contribution in [-0.4, -0.2) is 24.0 Å². The van der Waals surface area contributed by atoms with E-state index in [2.05, 4.69) is 5.32 Å². The molecule has 7 heteroatoms. The van der Waals surface area contributed by atoms with Crippen molar-refractivity contribution in [1.82, 2.24) is 0 Å². The highest BCUT2D eigenvalue weighted by Crippen LogP contribution is 2.29. The van der Waals surface area contributed by atoms with E-state index in [0.29, 0.717) is 11.5 Å². The van der Waals surface area contributed by atoms with E-state index in [4.69, 9.17) is 9.47 Å². The molecular weight excluding hydrogens is 348 g/mol. The molecule has 0 bridgehead atoms. The van der Waals surface area contributed by atoms with E-state index in [1.165, 1.54) is 25.3 Å². The smallest absolute Gasteiger partial charge is 0.271 e. The molecule has 0 saturated carbocycles. The summed E-state index contributed by atoms with van der Waals surface area (Å²) in [6, 6.07) is 17.4. The number of anilines is 1. The molecule has 1 atom stereocenters. The molecule has 7 nitrogen and oxygen atoms in total. The standard InChI is InChI=1S/C20H18N2O5/c1-13(27-17-9-7-14-5-3-4-6-15(14)11-17)20(23)21-18-12-16(22(24)25)8-10-19(18)26-2/h3-13H,1-2H3,(H,21,23). The van der Waals surface area contributed by atoms with Crippen LogP contribution in [0.4, 0.5) is 11.4 Å². The average molecular weight is 366 g/mol. The van der Waals surface area contributed by atoms with Crippen LogP contribution in [0.5, 0.6) is 11.5 Å². The Morgan fingerprint density at radius 3 is 2.52 bits per heavy atom. The first-order valence-corrected chi connectivity index (χ1v) is 8.26. The minimum Gasteiger partial charge on any atom is -0.495 e.